The lowest BCUT2D eigenvalue weighted by molar-refractivity contribution is 0.0685. The predicted octanol–water partition coefficient (Wildman–Crippen LogP) is 1.62. The SMILES string of the molecule is O=C(c1cc[nH]c(=O)c1)N1CCCC(CBr)C1. The monoisotopic (exact) mass is 298 g/mol. The second-order valence-electron chi connectivity index (χ2n) is 4.36. The van der Waals surface area contributed by atoms with E-state index in [1.165, 1.54) is 12.3 Å². The fraction of sp³-hybridized carbons (Fsp3) is 0.500. The van der Waals surface area contributed by atoms with Crippen molar-refractivity contribution in [2.75, 3.05) is 18.4 Å². The van der Waals surface area contributed by atoms with E-state index in [1.54, 1.807) is 6.07 Å². The van der Waals surface area contributed by atoms with E-state index in [4.69, 9.17) is 0 Å². The van der Waals surface area contributed by atoms with E-state index in [9.17, 15) is 9.59 Å². The Balaban J connectivity index is 2.12. The summed E-state index contributed by atoms with van der Waals surface area (Å²) >= 11 is 3.46. The summed E-state index contributed by atoms with van der Waals surface area (Å²) in [6.07, 6.45) is 3.71. The summed E-state index contributed by atoms with van der Waals surface area (Å²) in [7, 11) is 0. The van der Waals surface area contributed by atoms with Gasteiger partial charge in [-0.05, 0) is 24.8 Å². The molecule has 0 aliphatic carbocycles. The summed E-state index contributed by atoms with van der Waals surface area (Å²) in [5.74, 6) is 0.483. The molecule has 1 aromatic rings. The molecule has 0 spiro atoms. The van der Waals surface area contributed by atoms with Crippen LogP contribution in [0.3, 0.4) is 0 Å². The van der Waals surface area contributed by atoms with Gasteiger partial charge in [-0.25, -0.2) is 0 Å². The molecule has 0 aromatic carbocycles. The third kappa shape index (κ3) is 2.97. The minimum Gasteiger partial charge on any atom is -0.338 e. The average molecular weight is 299 g/mol. The van der Waals surface area contributed by atoms with Crippen molar-refractivity contribution in [3.8, 4) is 0 Å². The Morgan fingerprint density at radius 1 is 1.59 bits per heavy atom. The molecule has 0 saturated carbocycles. The molecule has 17 heavy (non-hydrogen) atoms. The summed E-state index contributed by atoms with van der Waals surface area (Å²) < 4.78 is 0. The summed E-state index contributed by atoms with van der Waals surface area (Å²) in [4.78, 5) is 27.7. The molecule has 1 aromatic heterocycles. The highest BCUT2D eigenvalue weighted by molar-refractivity contribution is 9.09. The van der Waals surface area contributed by atoms with Gasteiger partial charge in [-0.2, -0.15) is 0 Å². The van der Waals surface area contributed by atoms with Crippen LogP contribution < -0.4 is 5.56 Å². The zero-order chi connectivity index (χ0) is 12.3. The first-order valence-corrected chi connectivity index (χ1v) is 6.87. The number of carbonyl (C=O) groups is 1. The topological polar surface area (TPSA) is 53.2 Å². The molecule has 2 heterocycles. The molecular formula is C12H15BrN2O2. The standard InChI is InChI=1S/C12H15BrN2O2/c13-7-9-2-1-5-15(8-9)12(17)10-3-4-14-11(16)6-10/h3-4,6,9H,1-2,5,7-8H2,(H,14,16). The number of hydrogen-bond donors (Lipinski definition) is 1. The maximum atomic E-state index is 12.2. The smallest absolute Gasteiger partial charge is 0.254 e. The van der Waals surface area contributed by atoms with E-state index in [2.05, 4.69) is 20.9 Å². The van der Waals surface area contributed by atoms with E-state index < -0.39 is 0 Å². The Labute approximate surface area is 108 Å². The molecule has 1 atom stereocenters. The van der Waals surface area contributed by atoms with Crippen molar-refractivity contribution < 1.29 is 4.79 Å². The van der Waals surface area contributed by atoms with Gasteiger partial charge in [0.05, 0.1) is 0 Å². The van der Waals surface area contributed by atoms with E-state index >= 15 is 0 Å². The van der Waals surface area contributed by atoms with E-state index in [0.29, 0.717) is 11.5 Å². The molecule has 92 valence electrons. The van der Waals surface area contributed by atoms with E-state index in [1.807, 2.05) is 4.90 Å². The molecule has 1 fully saturated rings. The average Bonchev–Trinajstić information content (AvgIpc) is 2.38. The highest BCUT2D eigenvalue weighted by atomic mass is 79.9. The van der Waals surface area contributed by atoms with Gasteiger partial charge in [0.1, 0.15) is 0 Å². The lowest BCUT2D eigenvalue weighted by Crippen LogP contribution is -2.40. The van der Waals surface area contributed by atoms with Crippen LogP contribution in [0.5, 0.6) is 0 Å². The number of hydrogen-bond acceptors (Lipinski definition) is 2. The maximum absolute atomic E-state index is 12.2. The van der Waals surface area contributed by atoms with Crippen molar-refractivity contribution in [2.45, 2.75) is 12.8 Å². The number of rotatable bonds is 2. The summed E-state index contributed by atoms with van der Waals surface area (Å²) in [5.41, 5.74) is 0.244. The van der Waals surface area contributed by atoms with Crippen LogP contribution in [-0.2, 0) is 0 Å². The van der Waals surface area contributed by atoms with Crippen LogP contribution in [0.15, 0.2) is 23.1 Å². The zero-order valence-electron chi connectivity index (χ0n) is 9.49. The van der Waals surface area contributed by atoms with Gasteiger partial charge < -0.3 is 9.88 Å². The van der Waals surface area contributed by atoms with Crippen molar-refractivity contribution in [1.29, 1.82) is 0 Å². The van der Waals surface area contributed by atoms with Crippen LogP contribution in [0.2, 0.25) is 0 Å². The number of carbonyl (C=O) groups excluding carboxylic acids is 1. The van der Waals surface area contributed by atoms with Crippen molar-refractivity contribution in [2.24, 2.45) is 5.92 Å². The Morgan fingerprint density at radius 2 is 2.41 bits per heavy atom. The molecule has 1 unspecified atom stereocenters. The van der Waals surface area contributed by atoms with Crippen molar-refractivity contribution in [3.05, 3.63) is 34.2 Å². The van der Waals surface area contributed by atoms with Gasteiger partial charge in [0.2, 0.25) is 5.56 Å². The van der Waals surface area contributed by atoms with Crippen LogP contribution in [0.1, 0.15) is 23.2 Å². The second kappa shape index (κ2) is 5.49. The molecule has 1 aliphatic rings. The van der Waals surface area contributed by atoms with Gasteiger partial charge in [-0.15, -0.1) is 0 Å². The first kappa shape index (κ1) is 12.4. The van der Waals surface area contributed by atoms with Crippen molar-refractivity contribution >= 4 is 21.8 Å². The highest BCUT2D eigenvalue weighted by Gasteiger charge is 2.23. The van der Waals surface area contributed by atoms with Gasteiger partial charge in [0.15, 0.2) is 0 Å². The summed E-state index contributed by atoms with van der Waals surface area (Å²) in [6, 6.07) is 3.02. The molecule has 1 aliphatic heterocycles. The van der Waals surface area contributed by atoms with Crippen LogP contribution in [0.4, 0.5) is 0 Å². The second-order valence-corrected chi connectivity index (χ2v) is 5.00. The van der Waals surface area contributed by atoms with Gasteiger partial charge >= 0.3 is 0 Å². The van der Waals surface area contributed by atoms with Crippen LogP contribution in [0, 0.1) is 5.92 Å². The Kier molecular flexibility index (Phi) is 3.99. The van der Waals surface area contributed by atoms with E-state index in [0.717, 1.165) is 31.3 Å². The number of aromatic nitrogens is 1. The Hall–Kier alpha value is -1.10. The fourth-order valence-corrected chi connectivity index (χ4v) is 2.66. The number of alkyl halides is 1. The van der Waals surface area contributed by atoms with Crippen LogP contribution in [0.25, 0.3) is 0 Å². The number of amides is 1. The number of nitrogens with one attached hydrogen (secondary N) is 1. The lowest BCUT2D eigenvalue weighted by atomic mass is 9.99. The predicted molar refractivity (Wildman–Crippen MR) is 69.5 cm³/mol. The third-order valence-corrected chi connectivity index (χ3v) is 3.96. The molecule has 1 saturated heterocycles. The zero-order valence-corrected chi connectivity index (χ0v) is 11.1. The van der Waals surface area contributed by atoms with Gasteiger partial charge in [0.25, 0.3) is 5.91 Å². The Morgan fingerprint density at radius 3 is 3.12 bits per heavy atom. The van der Waals surface area contributed by atoms with Crippen molar-refractivity contribution in [3.63, 3.8) is 0 Å². The molecule has 0 bridgehead atoms. The third-order valence-electron chi connectivity index (χ3n) is 3.05. The van der Waals surface area contributed by atoms with Gasteiger partial charge in [-0.3, -0.25) is 9.59 Å². The number of aromatic amines is 1. The number of nitrogens with zero attached hydrogens (tertiary/aromatic N) is 1. The number of H-pyrrole nitrogens is 1. The number of piperidine rings is 1. The Bertz CT molecular complexity index is 458. The van der Waals surface area contributed by atoms with Crippen LogP contribution >= 0.6 is 15.9 Å². The summed E-state index contributed by atoms with van der Waals surface area (Å²) in [5, 5.41) is 0.923. The van der Waals surface area contributed by atoms with E-state index in [-0.39, 0.29) is 11.5 Å². The molecular weight excluding hydrogens is 284 g/mol. The lowest BCUT2D eigenvalue weighted by Gasteiger charge is -2.31. The largest absolute Gasteiger partial charge is 0.338 e. The molecule has 4 nitrogen and oxygen atoms in total. The first-order valence-electron chi connectivity index (χ1n) is 5.74. The molecule has 0 radical (unpaired) electrons. The maximum Gasteiger partial charge on any atom is 0.254 e. The normalized spacial score (nSPS) is 20.3. The van der Waals surface area contributed by atoms with Gasteiger partial charge in [0, 0.05) is 36.2 Å². The van der Waals surface area contributed by atoms with Crippen LogP contribution in [-0.4, -0.2) is 34.2 Å². The quantitative estimate of drug-likeness (QED) is 0.844. The van der Waals surface area contributed by atoms with Gasteiger partial charge in [-0.1, -0.05) is 15.9 Å². The number of pyridine rings is 1. The van der Waals surface area contributed by atoms with Crippen molar-refractivity contribution in [1.82, 2.24) is 9.88 Å². The molecule has 1 amide bonds. The molecule has 2 rings (SSSR count). The number of likely N-dealkylation sites (tertiary alicyclic amines) is 1. The first-order chi connectivity index (χ1) is 8.20. The highest BCUT2D eigenvalue weighted by Crippen LogP contribution is 2.19. The molecule has 1 N–H and O–H groups in total. The molecule has 5 heteroatoms. The fourth-order valence-electron chi connectivity index (χ4n) is 2.14. The number of halogens is 1. The minimum atomic E-state index is -0.232. The summed E-state index contributed by atoms with van der Waals surface area (Å²) in [6.45, 7) is 1.56. The minimum absolute atomic E-state index is 0.0400.